The van der Waals surface area contributed by atoms with Crippen LogP contribution in [-0.4, -0.2) is 34.0 Å². The van der Waals surface area contributed by atoms with E-state index >= 15 is 0 Å². The van der Waals surface area contributed by atoms with Gasteiger partial charge in [0.15, 0.2) is 5.78 Å². The van der Waals surface area contributed by atoms with Crippen molar-refractivity contribution in [3.8, 4) is 5.75 Å². The highest BCUT2D eigenvalue weighted by molar-refractivity contribution is 6.15. The van der Waals surface area contributed by atoms with Crippen LogP contribution in [0.5, 0.6) is 5.75 Å². The average Bonchev–Trinajstić information content (AvgIpc) is 3.25. The number of esters is 1. The zero-order chi connectivity index (χ0) is 32.6. The van der Waals surface area contributed by atoms with Gasteiger partial charge in [0.1, 0.15) is 12.4 Å². The number of Topliss-reactive ketones (excluding diaryl/α,β-unsaturated/α-hetero) is 1. The van der Waals surface area contributed by atoms with Crippen LogP contribution in [0.1, 0.15) is 83.5 Å². The SMILES string of the molecule is COC(=O)C(C)(C)Cc1c(C(=O)C(C)(C)C)c2cc(OCc3cccc(C)n3)ccn2c1C(=O)c1ccc(C(F)(F)F)cc1. The monoisotopic (exact) mass is 608 g/mol. The number of nitrogens with zero attached hydrogens (tertiary/aromatic N) is 2. The van der Waals surface area contributed by atoms with E-state index in [1.807, 2.05) is 25.1 Å². The Balaban J connectivity index is 1.95. The fourth-order valence-corrected chi connectivity index (χ4v) is 5.00. The first-order valence-corrected chi connectivity index (χ1v) is 14.0. The number of halogens is 3. The molecule has 4 rings (SSSR count). The summed E-state index contributed by atoms with van der Waals surface area (Å²) < 4.78 is 52.3. The van der Waals surface area contributed by atoms with Gasteiger partial charge in [0, 0.05) is 34.5 Å². The number of fused-ring (bicyclic) bond motifs is 1. The number of ether oxygens (including phenoxy) is 2. The molecule has 3 heterocycles. The van der Waals surface area contributed by atoms with Crippen molar-refractivity contribution in [2.75, 3.05) is 7.11 Å². The largest absolute Gasteiger partial charge is 0.487 e. The Morgan fingerprint density at radius 1 is 0.932 bits per heavy atom. The van der Waals surface area contributed by atoms with E-state index in [9.17, 15) is 27.6 Å². The van der Waals surface area contributed by atoms with E-state index in [0.717, 1.165) is 30.0 Å². The molecular weight excluding hydrogens is 573 g/mol. The van der Waals surface area contributed by atoms with Gasteiger partial charge in [-0.2, -0.15) is 13.2 Å². The van der Waals surface area contributed by atoms with Gasteiger partial charge in [0.05, 0.1) is 35.0 Å². The topological polar surface area (TPSA) is 87.0 Å². The summed E-state index contributed by atoms with van der Waals surface area (Å²) in [6, 6.07) is 12.7. The second kappa shape index (κ2) is 11.9. The second-order valence-corrected chi connectivity index (χ2v) is 12.4. The molecule has 0 amide bonds. The highest BCUT2D eigenvalue weighted by Gasteiger charge is 2.38. The molecular formula is C34H35F3N2O5. The summed E-state index contributed by atoms with van der Waals surface area (Å²) in [5.41, 5.74) is -0.459. The van der Waals surface area contributed by atoms with Gasteiger partial charge in [-0.15, -0.1) is 0 Å². The minimum atomic E-state index is -4.57. The number of aryl methyl sites for hydroxylation is 1. The number of rotatable bonds is 9. The van der Waals surface area contributed by atoms with E-state index in [2.05, 4.69) is 4.98 Å². The first-order valence-electron chi connectivity index (χ1n) is 14.0. The summed E-state index contributed by atoms with van der Waals surface area (Å²) in [5.74, 6) is -1.03. The number of carbonyl (C=O) groups excluding carboxylic acids is 3. The van der Waals surface area contributed by atoms with Crippen LogP contribution < -0.4 is 4.74 Å². The van der Waals surface area contributed by atoms with Gasteiger partial charge in [-0.3, -0.25) is 19.4 Å². The van der Waals surface area contributed by atoms with Crippen LogP contribution in [0.4, 0.5) is 13.2 Å². The molecule has 0 saturated heterocycles. The van der Waals surface area contributed by atoms with Crippen LogP contribution in [0.3, 0.4) is 0 Å². The van der Waals surface area contributed by atoms with Gasteiger partial charge in [0.25, 0.3) is 0 Å². The number of pyridine rings is 2. The number of hydrogen-bond acceptors (Lipinski definition) is 6. The van der Waals surface area contributed by atoms with Gasteiger partial charge in [-0.1, -0.05) is 39.0 Å². The zero-order valence-corrected chi connectivity index (χ0v) is 25.8. The Bertz CT molecular complexity index is 1730. The molecule has 0 aliphatic rings. The van der Waals surface area contributed by atoms with E-state index in [1.54, 1.807) is 57.3 Å². The van der Waals surface area contributed by atoms with Crippen molar-refractivity contribution in [2.45, 2.75) is 60.7 Å². The molecule has 0 saturated carbocycles. The van der Waals surface area contributed by atoms with Crippen molar-refractivity contribution in [3.63, 3.8) is 0 Å². The summed E-state index contributed by atoms with van der Waals surface area (Å²) in [6.45, 7) is 10.5. The molecule has 0 bridgehead atoms. The molecule has 0 aliphatic heterocycles. The van der Waals surface area contributed by atoms with E-state index in [4.69, 9.17) is 9.47 Å². The Labute approximate surface area is 254 Å². The number of benzene rings is 1. The molecule has 0 fully saturated rings. The molecule has 1 aromatic carbocycles. The van der Waals surface area contributed by atoms with E-state index in [-0.39, 0.29) is 35.6 Å². The normalized spacial score (nSPS) is 12.3. The van der Waals surface area contributed by atoms with Crippen molar-refractivity contribution in [2.24, 2.45) is 10.8 Å². The van der Waals surface area contributed by atoms with E-state index in [0.29, 0.717) is 22.5 Å². The van der Waals surface area contributed by atoms with Crippen LogP contribution in [0.15, 0.2) is 60.8 Å². The maximum atomic E-state index is 14.1. The lowest BCUT2D eigenvalue weighted by Crippen LogP contribution is -2.30. The number of carbonyl (C=O) groups is 3. The number of aromatic nitrogens is 2. The minimum absolute atomic E-state index is 0.00451. The van der Waals surface area contributed by atoms with Crippen LogP contribution in [0.25, 0.3) is 5.52 Å². The lowest BCUT2D eigenvalue weighted by atomic mass is 9.79. The molecule has 0 aliphatic carbocycles. The fourth-order valence-electron chi connectivity index (χ4n) is 5.00. The maximum absolute atomic E-state index is 14.1. The minimum Gasteiger partial charge on any atom is -0.487 e. The predicted octanol–water partition coefficient (Wildman–Crippen LogP) is 7.44. The number of hydrogen-bond donors (Lipinski definition) is 0. The molecule has 232 valence electrons. The first-order chi connectivity index (χ1) is 20.4. The molecule has 0 radical (unpaired) electrons. The second-order valence-electron chi connectivity index (χ2n) is 12.4. The molecule has 0 unspecified atom stereocenters. The Hall–Kier alpha value is -4.47. The third-order valence-electron chi connectivity index (χ3n) is 7.30. The highest BCUT2D eigenvalue weighted by Crippen LogP contribution is 2.38. The van der Waals surface area contributed by atoms with Crippen molar-refractivity contribution in [1.82, 2.24) is 9.38 Å². The lowest BCUT2D eigenvalue weighted by Gasteiger charge is -2.24. The van der Waals surface area contributed by atoms with Crippen molar-refractivity contribution in [3.05, 3.63) is 100 Å². The van der Waals surface area contributed by atoms with E-state index < -0.39 is 34.3 Å². The molecule has 0 atom stereocenters. The molecule has 3 aromatic heterocycles. The molecule has 0 spiro atoms. The highest BCUT2D eigenvalue weighted by atomic mass is 19.4. The number of ketones is 2. The summed E-state index contributed by atoms with van der Waals surface area (Å²) in [6.07, 6.45) is -3.04. The van der Waals surface area contributed by atoms with Crippen molar-refractivity contribution < 1.29 is 37.0 Å². The predicted molar refractivity (Wildman–Crippen MR) is 159 cm³/mol. The summed E-state index contributed by atoms with van der Waals surface area (Å²) in [4.78, 5) is 45.4. The van der Waals surface area contributed by atoms with Gasteiger partial charge >= 0.3 is 12.1 Å². The summed E-state index contributed by atoms with van der Waals surface area (Å²) in [7, 11) is 1.25. The van der Waals surface area contributed by atoms with Crippen LogP contribution >= 0.6 is 0 Å². The van der Waals surface area contributed by atoms with Crippen molar-refractivity contribution in [1.29, 1.82) is 0 Å². The Kier molecular flexibility index (Phi) is 8.77. The van der Waals surface area contributed by atoms with Gasteiger partial charge in [-0.25, -0.2) is 0 Å². The molecule has 10 heteroatoms. The number of methoxy groups -OCH3 is 1. The summed E-state index contributed by atoms with van der Waals surface area (Å²) >= 11 is 0. The average molecular weight is 609 g/mol. The molecule has 0 N–H and O–H groups in total. The van der Waals surface area contributed by atoms with Crippen LogP contribution in [0.2, 0.25) is 0 Å². The maximum Gasteiger partial charge on any atom is 0.416 e. The molecule has 4 aromatic rings. The standard InChI is InChI=1S/C34H35F3N2O5/c1-20-9-8-10-23(38-20)19-44-24-15-16-39-26(17-24)27(30(41)32(2,3)4)25(18-33(5,6)31(42)43-7)28(39)29(40)21-11-13-22(14-12-21)34(35,36)37/h8-17H,18-19H2,1-7H3. The fraction of sp³-hybridized carbons (Fsp3) is 0.353. The van der Waals surface area contributed by atoms with Gasteiger partial charge < -0.3 is 13.9 Å². The number of alkyl halides is 3. The van der Waals surface area contributed by atoms with E-state index in [1.165, 1.54) is 7.11 Å². The van der Waals surface area contributed by atoms with Crippen LogP contribution in [-0.2, 0) is 28.7 Å². The first kappa shape index (κ1) is 32.4. The van der Waals surface area contributed by atoms with Gasteiger partial charge in [-0.05, 0) is 63.1 Å². The molecule has 7 nitrogen and oxygen atoms in total. The van der Waals surface area contributed by atoms with Gasteiger partial charge in [0.2, 0.25) is 5.78 Å². The third-order valence-corrected chi connectivity index (χ3v) is 7.30. The summed E-state index contributed by atoms with van der Waals surface area (Å²) in [5, 5.41) is 0. The Morgan fingerprint density at radius 2 is 1.59 bits per heavy atom. The van der Waals surface area contributed by atoms with Crippen molar-refractivity contribution >= 4 is 23.1 Å². The Morgan fingerprint density at radius 3 is 2.16 bits per heavy atom. The quantitative estimate of drug-likeness (QED) is 0.145. The zero-order valence-electron chi connectivity index (χ0n) is 25.8. The smallest absolute Gasteiger partial charge is 0.416 e. The third kappa shape index (κ3) is 6.69. The van der Waals surface area contributed by atoms with Crippen LogP contribution in [0, 0.1) is 17.8 Å². The molecule has 44 heavy (non-hydrogen) atoms. The lowest BCUT2D eigenvalue weighted by molar-refractivity contribution is -0.150.